The summed E-state index contributed by atoms with van der Waals surface area (Å²) in [6.07, 6.45) is 0. The van der Waals surface area contributed by atoms with E-state index in [0.717, 1.165) is 183 Å². The Kier molecular flexibility index (Phi) is 15.8. The summed E-state index contributed by atoms with van der Waals surface area (Å²) < 4.78 is 38.2. The summed E-state index contributed by atoms with van der Waals surface area (Å²) in [5.41, 5.74) is 20.0. The summed E-state index contributed by atoms with van der Waals surface area (Å²) in [5.74, 6) is 0. The normalized spacial score (nSPS) is 11.9. The van der Waals surface area contributed by atoms with E-state index in [1.54, 1.807) is 0 Å². The molecule has 0 saturated carbocycles. The molecule has 9 nitrogen and oxygen atoms in total. The minimum Gasteiger partial charge on any atom is -0.456 e. The van der Waals surface area contributed by atoms with Crippen LogP contribution in [0.3, 0.4) is 0 Å². The van der Waals surface area contributed by atoms with Crippen LogP contribution in [0.1, 0.15) is 0 Å². The van der Waals surface area contributed by atoms with E-state index in [1.165, 1.54) is 64.6 Å². The van der Waals surface area contributed by atoms with Crippen molar-refractivity contribution in [1.29, 1.82) is 0 Å². The van der Waals surface area contributed by atoms with E-state index >= 15 is 0 Å². The zero-order valence-corrected chi connectivity index (χ0v) is 66.1. The standard InChI is InChI=1S/3C38H23NO2/c1-2-11-26-24(10-1)22-34(28-13-4-3-12-27(26)28)39(25-20-21-31-29-14-5-7-18-35(29)40-37(31)23-25)33-17-9-16-32-30-15-6-8-19-36(30)41-38(32)33;1-2-11-26-24(10-1)22-33(28-13-4-3-12-27(26)28)39(25-20-21-30-29-14-5-7-17-34(29)41-37(30)23-25)32-16-9-19-36-38(32)31-15-6-8-18-35(31)40-36;1-2-10-27-24(9-1)21-34(29-12-4-3-11-28(27)29)39(25-18-20-37-33(22-25)31-14-6-8-16-36(31)40-37)26-17-19-32-30-13-5-7-15-35(30)41-38(32)23-26/h3*1-23H. The van der Waals surface area contributed by atoms with Crippen molar-refractivity contribution in [2.75, 3.05) is 14.7 Å². The molecule has 123 heavy (non-hydrogen) atoms. The highest BCUT2D eigenvalue weighted by Gasteiger charge is 2.28. The summed E-state index contributed by atoms with van der Waals surface area (Å²) in [6, 6.07) is 147. The molecule has 0 radical (unpaired) electrons. The summed E-state index contributed by atoms with van der Waals surface area (Å²) >= 11 is 0. The van der Waals surface area contributed by atoms with Crippen LogP contribution in [0, 0.1) is 0 Å². The van der Waals surface area contributed by atoms with Crippen LogP contribution >= 0.6 is 0 Å². The smallest absolute Gasteiger partial charge is 0.159 e. The fourth-order valence-corrected chi connectivity index (χ4v) is 19.2. The van der Waals surface area contributed by atoms with E-state index in [9.17, 15) is 0 Å². The Bertz CT molecular complexity index is 8970. The van der Waals surface area contributed by atoms with Crippen molar-refractivity contribution in [2.24, 2.45) is 0 Å². The van der Waals surface area contributed by atoms with Gasteiger partial charge < -0.3 is 41.2 Å². The molecule has 0 spiro atoms. The highest BCUT2D eigenvalue weighted by Crippen LogP contribution is 2.52. The molecule has 0 saturated heterocycles. The van der Waals surface area contributed by atoms with Crippen molar-refractivity contribution >= 4 is 247 Å². The van der Waals surface area contributed by atoms with E-state index in [2.05, 4.69) is 360 Å². The molecule has 0 aliphatic heterocycles. The summed E-state index contributed by atoms with van der Waals surface area (Å²) in [6.45, 7) is 0. The molecule has 0 amide bonds. The van der Waals surface area contributed by atoms with Crippen LogP contribution < -0.4 is 14.7 Å². The lowest BCUT2D eigenvalue weighted by molar-refractivity contribution is 0.667. The Hall–Kier alpha value is -16.6. The average molecular weight is 1580 g/mol. The SMILES string of the molecule is c1ccc2c(c1)cc(N(c1ccc3c(c1)oc1ccccc13)c1ccc3oc4ccccc4c3c1)c1ccccc12.c1ccc2c(c1)cc(N(c1ccc3c(c1)oc1ccccc13)c1cccc3c1oc1ccccc13)c1ccccc12.c1ccc2c(c1)cc(N(c1ccc3c(c1)oc1ccccc13)c1cccc3oc4ccccc4c13)c1ccccc12. The van der Waals surface area contributed by atoms with Gasteiger partial charge in [0.25, 0.3) is 0 Å². The Morgan fingerprint density at radius 1 is 0.130 bits per heavy atom. The van der Waals surface area contributed by atoms with Crippen LogP contribution in [0.5, 0.6) is 0 Å². The average Bonchev–Trinajstić information content (AvgIpc) is 1.73. The Morgan fingerprint density at radius 3 is 0.854 bits per heavy atom. The maximum absolute atomic E-state index is 6.58. The first-order valence-corrected chi connectivity index (χ1v) is 41.6. The molecule has 0 fully saturated rings. The second-order valence-corrected chi connectivity index (χ2v) is 31.6. The predicted octanol–water partition coefficient (Wildman–Crippen LogP) is 33.8. The molecule has 0 bridgehead atoms. The molecule has 6 aromatic heterocycles. The maximum Gasteiger partial charge on any atom is 0.159 e. The molecule has 27 rings (SSSR count). The lowest BCUT2D eigenvalue weighted by Gasteiger charge is -2.28. The molecule has 0 aliphatic carbocycles. The molecular formula is C114H69N3O6. The fourth-order valence-electron chi connectivity index (χ4n) is 19.2. The highest BCUT2D eigenvalue weighted by atomic mass is 16.3. The van der Waals surface area contributed by atoms with Crippen LogP contribution in [0.25, 0.3) is 196 Å². The van der Waals surface area contributed by atoms with Gasteiger partial charge in [0.2, 0.25) is 0 Å². The second-order valence-electron chi connectivity index (χ2n) is 31.6. The van der Waals surface area contributed by atoms with Crippen molar-refractivity contribution in [1.82, 2.24) is 0 Å². The van der Waals surface area contributed by atoms with Crippen LogP contribution in [-0.2, 0) is 0 Å². The first-order chi connectivity index (χ1) is 61.0. The first kappa shape index (κ1) is 69.5. The van der Waals surface area contributed by atoms with Gasteiger partial charge in [0.15, 0.2) is 5.58 Å². The molecule has 0 unspecified atom stereocenters. The molecule has 576 valence electrons. The van der Waals surface area contributed by atoms with Gasteiger partial charge >= 0.3 is 0 Å². The Labute approximate surface area is 702 Å². The minimum absolute atomic E-state index is 0.857. The van der Waals surface area contributed by atoms with Crippen molar-refractivity contribution in [3.63, 3.8) is 0 Å². The molecule has 27 aromatic rings. The minimum atomic E-state index is 0.857. The largest absolute Gasteiger partial charge is 0.456 e. The van der Waals surface area contributed by atoms with E-state index in [-0.39, 0.29) is 0 Å². The lowest BCUT2D eigenvalue weighted by Crippen LogP contribution is -2.11. The maximum atomic E-state index is 6.58. The zero-order chi connectivity index (χ0) is 80.7. The van der Waals surface area contributed by atoms with E-state index in [1.807, 2.05) is 72.8 Å². The predicted molar refractivity (Wildman–Crippen MR) is 512 cm³/mol. The van der Waals surface area contributed by atoms with Gasteiger partial charge in [-0.1, -0.05) is 273 Å². The number of benzene rings is 21. The highest BCUT2D eigenvalue weighted by molar-refractivity contribution is 6.22. The number of fused-ring (bicyclic) bond motifs is 27. The van der Waals surface area contributed by atoms with Gasteiger partial charge in [-0.2, -0.15) is 0 Å². The molecule has 9 heteroatoms. The third kappa shape index (κ3) is 11.3. The number of nitrogens with zero attached hydrogens (tertiary/aromatic N) is 3. The topological polar surface area (TPSA) is 88.6 Å². The molecule has 21 aromatic carbocycles. The van der Waals surface area contributed by atoms with E-state index < -0.39 is 0 Å². The molecular weight excluding hydrogens is 1510 g/mol. The van der Waals surface area contributed by atoms with E-state index in [4.69, 9.17) is 26.5 Å². The van der Waals surface area contributed by atoms with Crippen LogP contribution in [0.4, 0.5) is 51.2 Å². The Morgan fingerprint density at radius 2 is 0.398 bits per heavy atom. The number of rotatable bonds is 9. The third-order valence-corrected chi connectivity index (χ3v) is 24.7. The Balaban J connectivity index is 0.000000101. The van der Waals surface area contributed by atoms with Gasteiger partial charge in [0.05, 0.1) is 39.5 Å². The van der Waals surface area contributed by atoms with Gasteiger partial charge in [-0.25, -0.2) is 0 Å². The van der Waals surface area contributed by atoms with Gasteiger partial charge in [0, 0.05) is 111 Å². The van der Waals surface area contributed by atoms with Crippen molar-refractivity contribution < 1.29 is 26.5 Å². The summed E-state index contributed by atoms with van der Waals surface area (Å²) in [4.78, 5) is 7.04. The van der Waals surface area contributed by atoms with Gasteiger partial charge in [0.1, 0.15) is 61.4 Å². The monoisotopic (exact) mass is 1580 g/mol. The number of para-hydroxylation sites is 7. The molecule has 0 atom stereocenters. The van der Waals surface area contributed by atoms with Gasteiger partial charge in [-0.05, 0) is 176 Å². The molecule has 0 aliphatic rings. The quantitative estimate of drug-likeness (QED) is 0.131. The van der Waals surface area contributed by atoms with Crippen molar-refractivity contribution in [3.8, 4) is 0 Å². The summed E-state index contributed by atoms with van der Waals surface area (Å²) in [7, 11) is 0. The lowest BCUT2D eigenvalue weighted by atomic mass is 9.98. The zero-order valence-electron chi connectivity index (χ0n) is 66.1. The van der Waals surface area contributed by atoms with E-state index in [0.29, 0.717) is 0 Å². The van der Waals surface area contributed by atoms with Crippen LogP contribution in [0.2, 0.25) is 0 Å². The van der Waals surface area contributed by atoms with Crippen molar-refractivity contribution in [3.05, 3.63) is 419 Å². The number of hydrogen-bond acceptors (Lipinski definition) is 9. The molecule has 0 N–H and O–H groups in total. The van der Waals surface area contributed by atoms with Crippen LogP contribution in [0.15, 0.2) is 445 Å². The number of furan rings is 6. The molecule has 6 heterocycles. The summed E-state index contributed by atoms with van der Waals surface area (Å²) in [5, 5.41) is 27.8. The van der Waals surface area contributed by atoms with Gasteiger partial charge in [-0.15, -0.1) is 0 Å². The van der Waals surface area contributed by atoms with Crippen molar-refractivity contribution in [2.45, 2.75) is 0 Å². The number of hydrogen-bond donors (Lipinski definition) is 0. The first-order valence-electron chi connectivity index (χ1n) is 41.6. The second kappa shape index (κ2) is 28.0. The fraction of sp³-hybridized carbons (Fsp3) is 0. The third-order valence-electron chi connectivity index (χ3n) is 24.7. The van der Waals surface area contributed by atoms with Crippen LogP contribution in [-0.4, -0.2) is 0 Å². The van der Waals surface area contributed by atoms with Gasteiger partial charge in [-0.3, -0.25) is 0 Å². The number of anilines is 9.